The Bertz CT molecular complexity index is 1580. The summed E-state index contributed by atoms with van der Waals surface area (Å²) >= 11 is 0. The molecule has 0 spiro atoms. The summed E-state index contributed by atoms with van der Waals surface area (Å²) in [6.45, 7) is 7.67. The molecule has 4 aromatic rings. The van der Waals surface area contributed by atoms with Crippen LogP contribution in [0.4, 0.5) is 10.1 Å². The van der Waals surface area contributed by atoms with E-state index in [4.69, 9.17) is 4.74 Å². The Morgan fingerprint density at radius 3 is 2.07 bits per heavy atom. The van der Waals surface area contributed by atoms with E-state index in [1.807, 2.05) is 79.1 Å². The van der Waals surface area contributed by atoms with Crippen molar-refractivity contribution in [2.24, 2.45) is 0 Å². The lowest BCUT2D eigenvalue weighted by molar-refractivity contribution is -0.149. The van der Waals surface area contributed by atoms with Crippen molar-refractivity contribution in [3.63, 3.8) is 0 Å². The van der Waals surface area contributed by atoms with E-state index in [1.54, 1.807) is 26.0 Å². The van der Waals surface area contributed by atoms with Crippen LogP contribution in [0.1, 0.15) is 68.9 Å². The third kappa shape index (κ3) is 8.08. The first-order valence-corrected chi connectivity index (χ1v) is 14.9. The molecule has 1 heterocycles. The number of carbonyl (C=O) groups is 3. The lowest BCUT2D eigenvalue weighted by Gasteiger charge is -2.19. The first-order valence-electron chi connectivity index (χ1n) is 14.9. The molecule has 0 unspecified atom stereocenters. The van der Waals surface area contributed by atoms with Crippen molar-refractivity contribution in [1.29, 1.82) is 0 Å². The SMILES string of the molecule is CC(C)OC(=O)CC(=O)C[C@H](O)CCn1c(-c2ccc(F)cc2)c(-c2ccccc2)c(C(=O)Nc2ccccc2)c1C(C)C. The highest BCUT2D eigenvalue weighted by Crippen LogP contribution is 2.42. The van der Waals surface area contributed by atoms with Crippen LogP contribution in [0, 0.1) is 5.82 Å². The topological polar surface area (TPSA) is 97.6 Å². The minimum absolute atomic E-state index is 0.118. The quantitative estimate of drug-likeness (QED) is 0.124. The van der Waals surface area contributed by atoms with Crippen molar-refractivity contribution in [1.82, 2.24) is 4.57 Å². The monoisotopic (exact) mass is 598 g/mol. The van der Waals surface area contributed by atoms with Crippen LogP contribution in [0.5, 0.6) is 0 Å². The maximum atomic E-state index is 14.1. The van der Waals surface area contributed by atoms with Crippen LogP contribution < -0.4 is 5.32 Å². The van der Waals surface area contributed by atoms with Gasteiger partial charge >= 0.3 is 5.97 Å². The summed E-state index contributed by atoms with van der Waals surface area (Å²) in [4.78, 5) is 38.6. The molecule has 44 heavy (non-hydrogen) atoms. The van der Waals surface area contributed by atoms with Gasteiger partial charge in [-0.15, -0.1) is 0 Å². The molecule has 0 saturated carbocycles. The molecule has 8 heteroatoms. The average molecular weight is 599 g/mol. The molecular formula is C36H39FN2O5. The van der Waals surface area contributed by atoms with Gasteiger partial charge in [0.05, 0.1) is 23.5 Å². The number of aromatic nitrogens is 1. The summed E-state index contributed by atoms with van der Waals surface area (Å²) in [6.07, 6.45) is -1.79. The number of aliphatic hydroxyl groups excluding tert-OH is 1. The number of ether oxygens (including phenoxy) is 1. The molecule has 1 amide bonds. The van der Waals surface area contributed by atoms with Gasteiger partial charge in [0, 0.05) is 29.9 Å². The number of anilines is 1. The van der Waals surface area contributed by atoms with Crippen LogP contribution in [0.25, 0.3) is 22.4 Å². The largest absolute Gasteiger partial charge is 0.463 e. The number of benzene rings is 3. The van der Waals surface area contributed by atoms with Gasteiger partial charge in [0.15, 0.2) is 0 Å². The van der Waals surface area contributed by atoms with Gasteiger partial charge in [-0.1, -0.05) is 62.4 Å². The van der Waals surface area contributed by atoms with Crippen LogP contribution in [0.15, 0.2) is 84.9 Å². The fourth-order valence-corrected chi connectivity index (χ4v) is 5.39. The molecule has 0 aliphatic carbocycles. The number of esters is 1. The molecule has 0 aliphatic heterocycles. The van der Waals surface area contributed by atoms with Gasteiger partial charge in [0.25, 0.3) is 5.91 Å². The molecule has 2 N–H and O–H groups in total. The second-order valence-corrected chi connectivity index (χ2v) is 11.4. The van der Waals surface area contributed by atoms with Gasteiger partial charge < -0.3 is 19.7 Å². The molecule has 0 bridgehead atoms. The highest BCUT2D eigenvalue weighted by atomic mass is 19.1. The van der Waals surface area contributed by atoms with Crippen molar-refractivity contribution in [3.05, 3.63) is 102 Å². The molecule has 0 fully saturated rings. The Balaban J connectivity index is 1.80. The zero-order valence-electron chi connectivity index (χ0n) is 25.5. The van der Waals surface area contributed by atoms with Gasteiger partial charge in [-0.05, 0) is 73.7 Å². The summed E-state index contributed by atoms with van der Waals surface area (Å²) in [7, 11) is 0. The number of ketones is 1. The Morgan fingerprint density at radius 1 is 0.864 bits per heavy atom. The minimum Gasteiger partial charge on any atom is -0.463 e. The van der Waals surface area contributed by atoms with Gasteiger partial charge in [-0.3, -0.25) is 14.4 Å². The number of carbonyl (C=O) groups excluding carboxylic acids is 3. The summed E-state index contributed by atoms with van der Waals surface area (Å²) in [5.74, 6) is -1.83. The van der Waals surface area contributed by atoms with Gasteiger partial charge in [0.2, 0.25) is 0 Å². The highest BCUT2D eigenvalue weighted by molar-refractivity contribution is 6.12. The zero-order valence-corrected chi connectivity index (χ0v) is 25.5. The molecular weight excluding hydrogens is 559 g/mol. The number of nitrogens with zero attached hydrogens (tertiary/aromatic N) is 1. The summed E-state index contributed by atoms with van der Waals surface area (Å²) in [6, 6.07) is 24.9. The zero-order chi connectivity index (χ0) is 31.8. The van der Waals surface area contributed by atoms with E-state index in [2.05, 4.69) is 5.32 Å². The smallest absolute Gasteiger partial charge is 0.313 e. The summed E-state index contributed by atoms with van der Waals surface area (Å²) < 4.78 is 21.1. The van der Waals surface area contributed by atoms with Gasteiger partial charge in [-0.2, -0.15) is 0 Å². The Labute approximate surface area is 257 Å². The van der Waals surface area contributed by atoms with Crippen molar-refractivity contribution < 1.29 is 28.6 Å². The Kier molecular flexibility index (Phi) is 10.8. The number of amides is 1. The van der Waals surface area contributed by atoms with Crippen molar-refractivity contribution in [2.45, 2.75) is 71.6 Å². The van der Waals surface area contributed by atoms with E-state index in [0.29, 0.717) is 28.1 Å². The standard InChI is InChI=1S/C36H39FN2O5/c1-23(2)34-33(36(43)38-28-13-9-6-10-14-28)32(25-11-7-5-8-12-25)35(26-15-17-27(37)18-16-26)39(34)20-19-29(40)21-30(41)22-31(42)44-24(3)4/h5-18,23-24,29,40H,19-22H2,1-4H3,(H,38,43)/t29-/m1/s1. The van der Waals surface area contributed by atoms with Crippen molar-refractivity contribution >= 4 is 23.3 Å². The number of hydrogen-bond acceptors (Lipinski definition) is 5. The predicted octanol–water partition coefficient (Wildman–Crippen LogP) is 7.39. The average Bonchev–Trinajstić information content (AvgIpc) is 3.32. The fraction of sp³-hybridized carbons (Fsp3) is 0.306. The predicted molar refractivity (Wildman–Crippen MR) is 170 cm³/mol. The fourth-order valence-electron chi connectivity index (χ4n) is 5.39. The van der Waals surface area contributed by atoms with Gasteiger partial charge in [-0.25, -0.2) is 4.39 Å². The molecule has 1 atom stereocenters. The van der Waals surface area contributed by atoms with E-state index in [9.17, 15) is 23.9 Å². The van der Waals surface area contributed by atoms with Crippen LogP contribution >= 0.6 is 0 Å². The first-order chi connectivity index (χ1) is 21.0. The highest BCUT2D eigenvalue weighted by Gasteiger charge is 2.31. The molecule has 3 aromatic carbocycles. The second-order valence-electron chi connectivity index (χ2n) is 11.4. The third-order valence-electron chi connectivity index (χ3n) is 7.15. The van der Waals surface area contributed by atoms with Gasteiger partial charge in [0.1, 0.15) is 18.0 Å². The number of Topliss-reactive ketones (excluding diaryl/α,β-unsaturated/α-hetero) is 1. The van der Waals surface area contributed by atoms with E-state index in [-0.39, 0.29) is 43.1 Å². The van der Waals surface area contributed by atoms with Crippen molar-refractivity contribution in [3.8, 4) is 22.4 Å². The number of nitrogens with one attached hydrogen (secondary N) is 1. The van der Waals surface area contributed by atoms with Crippen molar-refractivity contribution in [2.75, 3.05) is 5.32 Å². The minimum atomic E-state index is -1.03. The summed E-state index contributed by atoms with van der Waals surface area (Å²) in [5, 5.41) is 13.9. The third-order valence-corrected chi connectivity index (χ3v) is 7.15. The molecule has 0 saturated heterocycles. The number of rotatable bonds is 13. The number of halogens is 1. The van der Waals surface area contributed by atoms with E-state index in [0.717, 1.165) is 11.3 Å². The molecule has 1 aromatic heterocycles. The molecule has 4 rings (SSSR count). The maximum absolute atomic E-state index is 14.1. The number of aliphatic hydroxyl groups is 1. The van der Waals surface area contributed by atoms with E-state index < -0.39 is 24.3 Å². The lowest BCUT2D eigenvalue weighted by atomic mass is 9.94. The van der Waals surface area contributed by atoms with E-state index >= 15 is 0 Å². The van der Waals surface area contributed by atoms with Crippen LogP contribution in [-0.4, -0.2) is 39.5 Å². The molecule has 0 radical (unpaired) electrons. The van der Waals surface area contributed by atoms with E-state index in [1.165, 1.54) is 12.1 Å². The Morgan fingerprint density at radius 2 is 1.48 bits per heavy atom. The summed E-state index contributed by atoms with van der Waals surface area (Å²) in [5.41, 5.74) is 4.78. The Hall–Kier alpha value is -4.56. The lowest BCUT2D eigenvalue weighted by Crippen LogP contribution is -2.21. The van der Waals surface area contributed by atoms with Crippen LogP contribution in [0.3, 0.4) is 0 Å². The number of hydrogen-bond donors (Lipinski definition) is 2. The molecule has 0 aliphatic rings. The van der Waals surface area contributed by atoms with Crippen LogP contribution in [0.2, 0.25) is 0 Å². The molecule has 7 nitrogen and oxygen atoms in total. The van der Waals surface area contributed by atoms with Crippen LogP contribution in [-0.2, 0) is 20.9 Å². The molecule has 230 valence electrons. The maximum Gasteiger partial charge on any atom is 0.313 e. The number of para-hydroxylation sites is 1. The first kappa shape index (κ1) is 32.4. The normalized spacial score (nSPS) is 11.9. The second kappa shape index (κ2) is 14.8.